The topological polar surface area (TPSA) is 29.5 Å². The van der Waals surface area contributed by atoms with Crippen LogP contribution in [0.1, 0.15) is 28.4 Å². The van der Waals surface area contributed by atoms with Crippen LogP contribution in [0.25, 0.3) is 0 Å². The highest BCUT2D eigenvalue weighted by Crippen LogP contribution is 2.41. The zero-order valence-corrected chi connectivity index (χ0v) is 9.78. The Morgan fingerprint density at radius 1 is 1.50 bits per heavy atom. The molecule has 0 saturated carbocycles. The van der Waals surface area contributed by atoms with E-state index in [1.165, 1.54) is 12.2 Å². The highest BCUT2D eigenvalue weighted by molar-refractivity contribution is 6.00. The second-order valence-corrected chi connectivity index (χ2v) is 4.13. The van der Waals surface area contributed by atoms with Crippen LogP contribution in [0.5, 0.6) is 0 Å². The van der Waals surface area contributed by atoms with Gasteiger partial charge < -0.3 is 0 Å². The molecular formula is C13H15NO2. The molecule has 1 aromatic rings. The van der Waals surface area contributed by atoms with Gasteiger partial charge in [-0.25, -0.2) is 5.06 Å². The zero-order valence-electron chi connectivity index (χ0n) is 9.78. The Hall–Kier alpha value is -1.61. The number of hydrogen-bond acceptors (Lipinski definition) is 2. The maximum Gasteiger partial charge on any atom is 0.278 e. The summed E-state index contributed by atoms with van der Waals surface area (Å²) in [5.41, 5.74) is 2.18. The quantitative estimate of drug-likeness (QED) is 0.712. The molecule has 3 heteroatoms. The molecule has 0 N–H and O–H groups in total. The lowest BCUT2D eigenvalue weighted by molar-refractivity contribution is -0.138. The molecule has 1 amide bonds. The van der Waals surface area contributed by atoms with Gasteiger partial charge in [0.15, 0.2) is 0 Å². The van der Waals surface area contributed by atoms with Gasteiger partial charge in [0.25, 0.3) is 5.91 Å². The Kier molecular flexibility index (Phi) is 2.35. The first-order valence-corrected chi connectivity index (χ1v) is 5.18. The van der Waals surface area contributed by atoms with Gasteiger partial charge in [-0.1, -0.05) is 18.2 Å². The van der Waals surface area contributed by atoms with E-state index in [1.807, 2.05) is 32.0 Å². The van der Waals surface area contributed by atoms with Crippen molar-refractivity contribution in [1.82, 2.24) is 5.06 Å². The number of aryl methyl sites for hydroxylation is 1. The number of rotatable bonds is 2. The second kappa shape index (κ2) is 3.46. The van der Waals surface area contributed by atoms with Crippen molar-refractivity contribution in [2.24, 2.45) is 0 Å². The molecule has 1 aromatic carbocycles. The number of hydrogen-bond donors (Lipinski definition) is 0. The third-order valence-electron chi connectivity index (χ3n) is 3.20. The molecule has 0 fully saturated rings. The van der Waals surface area contributed by atoms with Crippen molar-refractivity contribution in [3.63, 3.8) is 0 Å². The number of hydroxylamine groups is 2. The van der Waals surface area contributed by atoms with Crippen LogP contribution in [0.3, 0.4) is 0 Å². The van der Waals surface area contributed by atoms with Gasteiger partial charge in [-0.2, -0.15) is 0 Å². The van der Waals surface area contributed by atoms with E-state index in [1.54, 1.807) is 6.08 Å². The predicted octanol–water partition coefficient (Wildman–Crippen LogP) is 2.41. The van der Waals surface area contributed by atoms with Gasteiger partial charge >= 0.3 is 0 Å². The molecule has 1 aliphatic heterocycles. The van der Waals surface area contributed by atoms with Crippen LogP contribution in [0.2, 0.25) is 0 Å². The summed E-state index contributed by atoms with van der Waals surface area (Å²) < 4.78 is 0. The lowest BCUT2D eigenvalue weighted by Gasteiger charge is -2.31. The van der Waals surface area contributed by atoms with Crippen LogP contribution in [-0.2, 0) is 10.4 Å². The summed E-state index contributed by atoms with van der Waals surface area (Å²) in [6.07, 6.45) is 1.74. The molecule has 1 atom stereocenters. The Morgan fingerprint density at radius 2 is 2.19 bits per heavy atom. The number of fused-ring (bicyclic) bond motifs is 1. The van der Waals surface area contributed by atoms with Crippen LogP contribution >= 0.6 is 0 Å². The van der Waals surface area contributed by atoms with E-state index >= 15 is 0 Å². The van der Waals surface area contributed by atoms with Crippen LogP contribution < -0.4 is 0 Å². The summed E-state index contributed by atoms with van der Waals surface area (Å²) >= 11 is 0. The number of carbonyl (C=O) groups excluding carboxylic acids is 1. The molecule has 0 unspecified atom stereocenters. The molecule has 16 heavy (non-hydrogen) atoms. The fraction of sp³-hybridized carbons (Fsp3) is 0.308. The molecule has 1 heterocycles. The molecule has 0 aliphatic carbocycles. The standard InChI is InChI=1S/C13H15NO2/c1-5-13(3)11-9(2)7-6-8-10(11)12(15)14(13)16-4/h5-8H,1H2,2-4H3/t13-/m0/s1. The Labute approximate surface area is 95.3 Å². The van der Waals surface area contributed by atoms with Gasteiger partial charge in [0, 0.05) is 5.56 Å². The Balaban J connectivity index is 2.74. The summed E-state index contributed by atoms with van der Waals surface area (Å²) in [5, 5.41) is 1.37. The van der Waals surface area contributed by atoms with Gasteiger partial charge in [0.2, 0.25) is 0 Å². The van der Waals surface area contributed by atoms with E-state index in [-0.39, 0.29) is 5.91 Å². The molecule has 2 rings (SSSR count). The van der Waals surface area contributed by atoms with E-state index in [0.717, 1.165) is 11.1 Å². The molecule has 0 aromatic heterocycles. The van der Waals surface area contributed by atoms with E-state index in [4.69, 9.17) is 4.84 Å². The molecule has 0 spiro atoms. The number of nitrogens with zero attached hydrogens (tertiary/aromatic N) is 1. The smallest absolute Gasteiger partial charge is 0.273 e. The largest absolute Gasteiger partial charge is 0.278 e. The van der Waals surface area contributed by atoms with Gasteiger partial charge in [-0.05, 0) is 31.0 Å². The fourth-order valence-electron chi connectivity index (χ4n) is 2.40. The average molecular weight is 217 g/mol. The number of carbonyl (C=O) groups is 1. The fourth-order valence-corrected chi connectivity index (χ4v) is 2.40. The van der Waals surface area contributed by atoms with Gasteiger partial charge in [0.1, 0.15) is 5.54 Å². The number of amides is 1. The average Bonchev–Trinajstić information content (AvgIpc) is 2.50. The monoisotopic (exact) mass is 217 g/mol. The minimum absolute atomic E-state index is 0.108. The predicted molar refractivity (Wildman–Crippen MR) is 61.9 cm³/mol. The molecule has 0 radical (unpaired) electrons. The molecule has 0 saturated heterocycles. The number of benzene rings is 1. The van der Waals surface area contributed by atoms with E-state index < -0.39 is 5.54 Å². The maximum atomic E-state index is 12.1. The van der Waals surface area contributed by atoms with Crippen molar-refractivity contribution in [2.45, 2.75) is 19.4 Å². The highest BCUT2D eigenvalue weighted by Gasteiger charge is 2.46. The van der Waals surface area contributed by atoms with E-state index in [2.05, 4.69) is 6.58 Å². The van der Waals surface area contributed by atoms with E-state index in [9.17, 15) is 4.79 Å². The lowest BCUT2D eigenvalue weighted by Crippen LogP contribution is -2.39. The minimum Gasteiger partial charge on any atom is -0.273 e. The first-order valence-electron chi connectivity index (χ1n) is 5.18. The zero-order chi connectivity index (χ0) is 11.9. The van der Waals surface area contributed by atoms with Gasteiger partial charge in [-0.15, -0.1) is 6.58 Å². The summed E-state index contributed by atoms with van der Waals surface area (Å²) in [4.78, 5) is 17.3. The Morgan fingerprint density at radius 3 is 2.75 bits per heavy atom. The van der Waals surface area contributed by atoms with Crippen molar-refractivity contribution in [3.05, 3.63) is 47.5 Å². The van der Waals surface area contributed by atoms with Crippen molar-refractivity contribution >= 4 is 5.91 Å². The molecular weight excluding hydrogens is 202 g/mol. The summed E-state index contributed by atoms with van der Waals surface area (Å²) in [6.45, 7) is 7.74. The molecule has 84 valence electrons. The first kappa shape index (κ1) is 10.9. The van der Waals surface area contributed by atoms with Crippen molar-refractivity contribution < 1.29 is 9.63 Å². The third-order valence-corrected chi connectivity index (χ3v) is 3.20. The van der Waals surface area contributed by atoms with Gasteiger partial charge in [0.05, 0.1) is 7.11 Å². The first-order chi connectivity index (χ1) is 7.56. The van der Waals surface area contributed by atoms with Crippen molar-refractivity contribution in [1.29, 1.82) is 0 Å². The minimum atomic E-state index is -0.577. The van der Waals surface area contributed by atoms with Crippen LogP contribution in [0, 0.1) is 6.92 Å². The van der Waals surface area contributed by atoms with Gasteiger partial charge in [-0.3, -0.25) is 9.63 Å². The summed E-state index contributed by atoms with van der Waals surface area (Å²) in [6, 6.07) is 5.70. The molecule has 1 aliphatic rings. The maximum absolute atomic E-state index is 12.1. The van der Waals surface area contributed by atoms with E-state index in [0.29, 0.717) is 5.56 Å². The summed E-state index contributed by atoms with van der Waals surface area (Å²) in [7, 11) is 1.50. The lowest BCUT2D eigenvalue weighted by atomic mass is 9.89. The van der Waals surface area contributed by atoms with Crippen LogP contribution in [-0.4, -0.2) is 18.1 Å². The highest BCUT2D eigenvalue weighted by atomic mass is 16.7. The van der Waals surface area contributed by atoms with Crippen molar-refractivity contribution in [2.75, 3.05) is 7.11 Å². The third kappa shape index (κ3) is 1.15. The SMILES string of the molecule is C=C[C@@]1(C)c2c(C)cccc2C(=O)N1OC. The Bertz CT molecular complexity index is 467. The van der Waals surface area contributed by atoms with Crippen molar-refractivity contribution in [3.8, 4) is 0 Å². The summed E-state index contributed by atoms with van der Waals surface area (Å²) in [5.74, 6) is -0.108. The molecule has 0 bridgehead atoms. The van der Waals surface area contributed by atoms with Crippen LogP contribution in [0.15, 0.2) is 30.9 Å². The second-order valence-electron chi connectivity index (χ2n) is 4.13. The normalized spacial score (nSPS) is 23.4. The molecule has 3 nitrogen and oxygen atoms in total. The van der Waals surface area contributed by atoms with Crippen LogP contribution in [0.4, 0.5) is 0 Å².